The van der Waals surface area contributed by atoms with Crippen molar-refractivity contribution in [2.24, 2.45) is 17.6 Å². The Bertz CT molecular complexity index is 1640. The highest BCUT2D eigenvalue weighted by Gasteiger charge is 2.40. The van der Waals surface area contributed by atoms with E-state index in [1.165, 1.54) is 17.8 Å². The topological polar surface area (TPSA) is 102 Å². The van der Waals surface area contributed by atoms with Crippen molar-refractivity contribution in [3.8, 4) is 0 Å². The van der Waals surface area contributed by atoms with Crippen LogP contribution >= 0.6 is 0 Å². The number of carbonyl (C=O) groups excluding carboxylic acids is 1. The predicted molar refractivity (Wildman–Crippen MR) is 168 cm³/mol. The van der Waals surface area contributed by atoms with E-state index in [9.17, 15) is 9.18 Å². The molecule has 2 aromatic carbocycles. The summed E-state index contributed by atoms with van der Waals surface area (Å²) in [5, 5.41) is 12.1. The fourth-order valence-corrected chi connectivity index (χ4v) is 7.19. The molecule has 5 heterocycles. The number of hydrogen-bond acceptors (Lipinski definition) is 6. The number of benzene rings is 2. The Morgan fingerprint density at radius 3 is 2.79 bits per heavy atom. The van der Waals surface area contributed by atoms with Crippen LogP contribution in [0, 0.1) is 23.1 Å². The van der Waals surface area contributed by atoms with Crippen LogP contribution in [0.1, 0.15) is 41.3 Å². The van der Waals surface area contributed by atoms with Crippen molar-refractivity contribution in [2.45, 2.75) is 38.4 Å². The van der Waals surface area contributed by atoms with Crippen LogP contribution in [0.4, 0.5) is 21.5 Å². The van der Waals surface area contributed by atoms with Crippen molar-refractivity contribution in [1.29, 1.82) is 5.41 Å². The van der Waals surface area contributed by atoms with Crippen LogP contribution < -0.4 is 20.9 Å². The van der Waals surface area contributed by atoms with Crippen molar-refractivity contribution in [3.05, 3.63) is 107 Å². The predicted octanol–water partition coefficient (Wildman–Crippen LogP) is 5.14. The Balaban J connectivity index is 1.24. The first-order chi connectivity index (χ1) is 20.9. The molecule has 0 aliphatic carbocycles. The van der Waals surface area contributed by atoms with Crippen LogP contribution in [-0.2, 0) is 6.42 Å². The minimum absolute atomic E-state index is 0.0242. The van der Waals surface area contributed by atoms with Crippen LogP contribution in [0.25, 0.3) is 0 Å². The number of aromatic nitrogens is 1. The molecule has 220 valence electrons. The van der Waals surface area contributed by atoms with Gasteiger partial charge in [0, 0.05) is 66.5 Å². The molecule has 8 nitrogen and oxygen atoms in total. The first-order valence-corrected chi connectivity index (χ1v) is 15.0. The lowest BCUT2D eigenvalue weighted by atomic mass is 9.80. The van der Waals surface area contributed by atoms with Crippen LogP contribution in [-0.4, -0.2) is 53.5 Å². The molecule has 9 heteroatoms. The van der Waals surface area contributed by atoms with Gasteiger partial charge in [-0.3, -0.25) is 15.2 Å². The number of pyridine rings is 1. The van der Waals surface area contributed by atoms with E-state index in [0.29, 0.717) is 28.7 Å². The summed E-state index contributed by atoms with van der Waals surface area (Å²) in [6.07, 6.45) is 12.2. The molecule has 1 aromatic heterocycles. The number of nitrogens with one attached hydrogen (secondary N) is 2. The number of halogens is 1. The van der Waals surface area contributed by atoms with E-state index in [1.807, 2.05) is 37.3 Å². The standard InChI is InChI=1S/C34H36FN7O/c1-21-7-8-23-15-27(35)10-12-30(23)42(21)34(43)24-9-11-31(28(16-24)39-33(37)25-4-3-13-38-17-25)40-18-22-14-26(20-40)29-5-2-6-32(36)41(29)19-22/h2-6,9-13,15-17,21-22,26,32H,7-8,14,18-20,36H2,1H3,(H2,37,39). The highest BCUT2D eigenvalue weighted by molar-refractivity contribution is 6.11. The Morgan fingerprint density at radius 2 is 1.95 bits per heavy atom. The van der Waals surface area contributed by atoms with Crippen molar-refractivity contribution in [2.75, 3.05) is 34.8 Å². The molecule has 0 radical (unpaired) electrons. The van der Waals surface area contributed by atoms with E-state index in [0.717, 1.165) is 55.8 Å². The molecule has 0 saturated carbocycles. The molecule has 3 aromatic rings. The van der Waals surface area contributed by atoms with Gasteiger partial charge in [0.1, 0.15) is 11.7 Å². The lowest BCUT2D eigenvalue weighted by Crippen LogP contribution is -2.56. The Kier molecular flexibility index (Phi) is 6.97. The average molecular weight is 578 g/mol. The molecule has 4 aliphatic heterocycles. The number of piperidine rings is 2. The zero-order chi connectivity index (χ0) is 29.7. The molecule has 2 fully saturated rings. The zero-order valence-corrected chi connectivity index (χ0v) is 24.2. The van der Waals surface area contributed by atoms with Crippen LogP contribution in [0.5, 0.6) is 0 Å². The summed E-state index contributed by atoms with van der Waals surface area (Å²) in [7, 11) is 0. The number of fused-ring (bicyclic) bond motifs is 5. The zero-order valence-electron chi connectivity index (χ0n) is 24.2. The molecule has 43 heavy (non-hydrogen) atoms. The monoisotopic (exact) mass is 577 g/mol. The summed E-state index contributed by atoms with van der Waals surface area (Å²) in [5.74, 6) is 0.581. The number of rotatable bonds is 4. The lowest BCUT2D eigenvalue weighted by molar-refractivity contribution is 0.0975. The fraction of sp³-hybridized carbons (Fsp3) is 0.324. The molecule has 2 saturated heterocycles. The number of carbonyl (C=O) groups is 1. The molecule has 4 atom stereocenters. The maximum Gasteiger partial charge on any atom is 0.258 e. The van der Waals surface area contributed by atoms with E-state index in [1.54, 1.807) is 29.4 Å². The Morgan fingerprint density at radius 1 is 1.09 bits per heavy atom. The third-order valence-electron chi connectivity index (χ3n) is 9.26. The Labute approximate surface area is 251 Å². The van der Waals surface area contributed by atoms with Gasteiger partial charge in [0.05, 0.1) is 17.5 Å². The Hall–Kier alpha value is -4.50. The summed E-state index contributed by atoms with van der Waals surface area (Å²) in [6, 6.07) is 14.0. The largest absolute Gasteiger partial charge is 0.369 e. The van der Waals surface area contributed by atoms with Gasteiger partial charge < -0.3 is 25.8 Å². The van der Waals surface area contributed by atoms with Gasteiger partial charge in [0.2, 0.25) is 0 Å². The molecule has 1 amide bonds. The molecule has 4 aliphatic rings. The number of hydrogen-bond donors (Lipinski definition) is 3. The van der Waals surface area contributed by atoms with Crippen molar-refractivity contribution < 1.29 is 9.18 Å². The molecule has 2 bridgehead atoms. The summed E-state index contributed by atoms with van der Waals surface area (Å²) in [6.45, 7) is 4.62. The third kappa shape index (κ3) is 5.07. The number of amides is 1. The van der Waals surface area contributed by atoms with Gasteiger partial charge in [0.25, 0.3) is 5.91 Å². The van der Waals surface area contributed by atoms with Crippen molar-refractivity contribution in [3.63, 3.8) is 0 Å². The minimum atomic E-state index is -0.290. The third-order valence-corrected chi connectivity index (χ3v) is 9.26. The van der Waals surface area contributed by atoms with Gasteiger partial charge in [-0.25, -0.2) is 4.39 Å². The highest BCUT2D eigenvalue weighted by atomic mass is 19.1. The van der Waals surface area contributed by atoms with Crippen LogP contribution in [0.15, 0.2) is 84.8 Å². The second-order valence-corrected chi connectivity index (χ2v) is 12.1. The molecular weight excluding hydrogens is 541 g/mol. The number of amidine groups is 1. The quantitative estimate of drug-likeness (QED) is 0.293. The van der Waals surface area contributed by atoms with E-state index in [-0.39, 0.29) is 29.8 Å². The van der Waals surface area contributed by atoms with E-state index in [4.69, 9.17) is 11.1 Å². The SMILES string of the molecule is CC1CCc2cc(F)ccc2N1C(=O)c1ccc(N2CC3CC(C2)C2=CC=CC(N)N2C3)c(NC(=N)c2cccnc2)c1. The van der Waals surface area contributed by atoms with Gasteiger partial charge in [0.15, 0.2) is 0 Å². The van der Waals surface area contributed by atoms with Gasteiger partial charge in [-0.1, -0.05) is 6.08 Å². The first-order valence-electron chi connectivity index (χ1n) is 15.0. The van der Waals surface area contributed by atoms with Gasteiger partial charge in [-0.15, -0.1) is 0 Å². The van der Waals surface area contributed by atoms with Gasteiger partial charge in [-0.2, -0.15) is 0 Å². The number of allylic oxidation sites excluding steroid dienone is 2. The number of anilines is 3. The molecule has 0 spiro atoms. The molecular formula is C34H36FN7O. The van der Waals surface area contributed by atoms with Crippen LogP contribution in [0.3, 0.4) is 0 Å². The minimum Gasteiger partial charge on any atom is -0.369 e. The second-order valence-electron chi connectivity index (χ2n) is 12.1. The molecule has 4 N–H and O–H groups in total. The van der Waals surface area contributed by atoms with Crippen LogP contribution in [0.2, 0.25) is 0 Å². The van der Waals surface area contributed by atoms with Gasteiger partial charge in [-0.05, 0) is 98.4 Å². The molecule has 7 rings (SSSR count). The summed E-state index contributed by atoms with van der Waals surface area (Å²) in [4.78, 5) is 24.8. The summed E-state index contributed by atoms with van der Waals surface area (Å²) >= 11 is 0. The highest BCUT2D eigenvalue weighted by Crippen LogP contribution is 2.41. The van der Waals surface area contributed by atoms with Gasteiger partial charge >= 0.3 is 0 Å². The maximum absolute atomic E-state index is 14.1. The summed E-state index contributed by atoms with van der Waals surface area (Å²) < 4.78 is 14.0. The smallest absolute Gasteiger partial charge is 0.258 e. The van der Waals surface area contributed by atoms with E-state index in [2.05, 4.69) is 32.3 Å². The number of nitrogens with two attached hydrogens (primary N) is 1. The normalized spacial score (nSPS) is 24.2. The number of nitrogens with zero attached hydrogens (tertiary/aromatic N) is 4. The average Bonchev–Trinajstić information content (AvgIpc) is 3.01. The second kappa shape index (κ2) is 11.0. The van der Waals surface area contributed by atoms with Crippen molar-refractivity contribution >= 4 is 28.8 Å². The first kappa shape index (κ1) is 27.3. The maximum atomic E-state index is 14.1. The van der Waals surface area contributed by atoms with E-state index >= 15 is 0 Å². The van der Waals surface area contributed by atoms with E-state index < -0.39 is 0 Å². The lowest BCUT2D eigenvalue weighted by Gasteiger charge is -2.51. The molecule has 4 unspecified atom stereocenters. The number of aryl methyl sites for hydroxylation is 1. The fourth-order valence-electron chi connectivity index (χ4n) is 7.19. The summed E-state index contributed by atoms with van der Waals surface area (Å²) in [5.41, 5.74) is 12.1. The van der Waals surface area contributed by atoms with Crippen molar-refractivity contribution in [1.82, 2.24) is 9.88 Å².